The van der Waals surface area contributed by atoms with Crippen molar-refractivity contribution in [2.24, 2.45) is 0 Å². The Morgan fingerprint density at radius 3 is 2.75 bits per heavy atom. The number of hydrogen-bond donors (Lipinski definition) is 1. The zero-order valence-electron chi connectivity index (χ0n) is 18.5. The molecular formula is C26H29N3O2S. The van der Waals surface area contributed by atoms with Crippen molar-refractivity contribution in [1.82, 2.24) is 9.88 Å². The average molecular weight is 448 g/mol. The summed E-state index contributed by atoms with van der Waals surface area (Å²) in [5.74, 6) is 0.811. The fraction of sp³-hybridized carbons (Fsp3) is 0.346. The van der Waals surface area contributed by atoms with Gasteiger partial charge in [-0.1, -0.05) is 6.07 Å². The Morgan fingerprint density at radius 1 is 1.03 bits per heavy atom. The zero-order valence-corrected chi connectivity index (χ0v) is 19.3. The second-order valence-corrected chi connectivity index (χ2v) is 9.44. The molecule has 1 aliphatic heterocycles. The molecule has 0 spiro atoms. The molecule has 0 aliphatic carbocycles. The van der Waals surface area contributed by atoms with Gasteiger partial charge >= 0.3 is 0 Å². The molecule has 5 rings (SSSR count). The minimum absolute atomic E-state index is 0.0862. The molecule has 0 atom stereocenters. The highest BCUT2D eigenvalue weighted by Crippen LogP contribution is 2.34. The first-order valence-electron chi connectivity index (χ1n) is 11.4. The second-order valence-electron chi connectivity index (χ2n) is 8.52. The third-order valence-electron chi connectivity index (χ3n) is 6.31. The summed E-state index contributed by atoms with van der Waals surface area (Å²) in [5, 5.41) is 4.71. The molecule has 5 nitrogen and oxygen atoms in total. The van der Waals surface area contributed by atoms with Gasteiger partial charge in [-0.15, -0.1) is 11.3 Å². The molecule has 0 radical (unpaired) electrons. The average Bonchev–Trinajstić information content (AvgIpc) is 3.20. The molecule has 0 amide bonds. The predicted octanol–water partition coefficient (Wildman–Crippen LogP) is 5.03. The fourth-order valence-electron chi connectivity index (χ4n) is 4.55. The van der Waals surface area contributed by atoms with Crippen molar-refractivity contribution in [2.45, 2.75) is 19.8 Å². The normalized spacial score (nSPS) is 15.0. The van der Waals surface area contributed by atoms with E-state index in [0.29, 0.717) is 6.61 Å². The molecule has 0 unspecified atom stereocenters. The first-order chi connectivity index (χ1) is 15.7. The molecular weight excluding hydrogens is 418 g/mol. The number of nitrogens with zero attached hydrogens (tertiary/aromatic N) is 2. The van der Waals surface area contributed by atoms with E-state index >= 15 is 0 Å². The minimum Gasteiger partial charge on any atom is -0.494 e. The standard InChI is InChI=1S/C26H29N3O2S/c1-19-18-32-24-6-4-5-23(26(19)24)29-14-12-28(13-15-29)11-2-3-16-31-21-9-7-20-8-10-25(30)27-22(20)17-21/h4-10,17-18H,2-3,11-16H2,1H3,(H,27,30). The first kappa shape index (κ1) is 21.0. The van der Waals surface area contributed by atoms with Crippen molar-refractivity contribution >= 4 is 38.0 Å². The summed E-state index contributed by atoms with van der Waals surface area (Å²) >= 11 is 1.84. The molecule has 4 aromatic rings. The van der Waals surface area contributed by atoms with Crippen LogP contribution in [0.1, 0.15) is 18.4 Å². The number of unbranched alkanes of at least 4 members (excludes halogenated alkanes) is 1. The van der Waals surface area contributed by atoms with E-state index in [-0.39, 0.29) is 5.56 Å². The smallest absolute Gasteiger partial charge is 0.248 e. The number of aryl methyl sites for hydroxylation is 1. The Hall–Kier alpha value is -2.83. The number of nitrogens with one attached hydrogen (secondary N) is 1. The molecule has 2 aromatic heterocycles. The predicted molar refractivity (Wildman–Crippen MR) is 135 cm³/mol. The number of H-pyrrole nitrogens is 1. The van der Waals surface area contributed by atoms with Crippen LogP contribution in [0, 0.1) is 6.92 Å². The van der Waals surface area contributed by atoms with E-state index in [1.165, 1.54) is 21.3 Å². The van der Waals surface area contributed by atoms with Crippen LogP contribution in [0.5, 0.6) is 5.75 Å². The van der Waals surface area contributed by atoms with Crippen LogP contribution in [-0.2, 0) is 0 Å². The molecule has 1 fully saturated rings. The number of rotatable bonds is 7. The molecule has 0 saturated carbocycles. The van der Waals surface area contributed by atoms with Crippen molar-refractivity contribution in [2.75, 3.05) is 44.2 Å². The lowest BCUT2D eigenvalue weighted by atomic mass is 10.1. The van der Waals surface area contributed by atoms with Gasteiger partial charge in [-0.25, -0.2) is 0 Å². The van der Waals surface area contributed by atoms with Gasteiger partial charge in [-0.3, -0.25) is 9.69 Å². The Morgan fingerprint density at radius 2 is 1.88 bits per heavy atom. The molecule has 2 aromatic carbocycles. The van der Waals surface area contributed by atoms with E-state index in [1.54, 1.807) is 6.07 Å². The van der Waals surface area contributed by atoms with E-state index in [2.05, 4.69) is 45.3 Å². The Bertz CT molecular complexity index is 1270. The van der Waals surface area contributed by atoms with Gasteiger partial charge in [0.1, 0.15) is 5.75 Å². The van der Waals surface area contributed by atoms with Crippen LogP contribution in [0.3, 0.4) is 0 Å². The van der Waals surface area contributed by atoms with Crippen LogP contribution >= 0.6 is 11.3 Å². The fourth-order valence-corrected chi connectivity index (χ4v) is 5.51. The summed E-state index contributed by atoms with van der Waals surface area (Å²) in [6.45, 7) is 8.42. The van der Waals surface area contributed by atoms with Gasteiger partial charge in [-0.2, -0.15) is 0 Å². The topological polar surface area (TPSA) is 48.6 Å². The number of piperazine rings is 1. The second kappa shape index (κ2) is 9.35. The number of thiophene rings is 1. The maximum absolute atomic E-state index is 11.5. The van der Waals surface area contributed by atoms with Crippen molar-refractivity contribution in [1.29, 1.82) is 0 Å². The summed E-state index contributed by atoms with van der Waals surface area (Å²) in [6, 6.07) is 15.9. The number of aromatic amines is 1. The SMILES string of the molecule is Cc1csc2cccc(N3CCN(CCCCOc4ccc5ccc(=O)[nH]c5c4)CC3)c12. The van der Waals surface area contributed by atoms with Gasteiger partial charge in [0.05, 0.1) is 12.1 Å². The summed E-state index contributed by atoms with van der Waals surface area (Å²) in [7, 11) is 0. The van der Waals surface area contributed by atoms with Gasteiger partial charge in [0.15, 0.2) is 0 Å². The Labute approximate surface area is 192 Å². The molecule has 32 heavy (non-hydrogen) atoms. The summed E-state index contributed by atoms with van der Waals surface area (Å²) in [5.41, 5.74) is 3.52. The molecule has 1 saturated heterocycles. The van der Waals surface area contributed by atoms with Crippen LogP contribution in [0.4, 0.5) is 5.69 Å². The van der Waals surface area contributed by atoms with Gasteiger partial charge in [0.2, 0.25) is 5.56 Å². The van der Waals surface area contributed by atoms with E-state index in [9.17, 15) is 4.79 Å². The summed E-state index contributed by atoms with van der Waals surface area (Å²) in [4.78, 5) is 19.5. The Balaban J connectivity index is 1.07. The molecule has 1 N–H and O–H groups in total. The highest BCUT2D eigenvalue weighted by molar-refractivity contribution is 7.17. The third-order valence-corrected chi connectivity index (χ3v) is 7.37. The number of ether oxygens (including phenoxy) is 1. The number of hydrogen-bond acceptors (Lipinski definition) is 5. The number of benzene rings is 2. The van der Waals surface area contributed by atoms with Crippen LogP contribution < -0.4 is 15.2 Å². The third kappa shape index (κ3) is 4.52. The summed E-state index contributed by atoms with van der Waals surface area (Å²) < 4.78 is 7.30. The largest absolute Gasteiger partial charge is 0.494 e. The van der Waals surface area contributed by atoms with Crippen LogP contribution in [-0.4, -0.2) is 49.2 Å². The van der Waals surface area contributed by atoms with Crippen LogP contribution in [0.2, 0.25) is 0 Å². The van der Waals surface area contributed by atoms with E-state index in [4.69, 9.17) is 4.74 Å². The zero-order chi connectivity index (χ0) is 21.9. The number of aromatic nitrogens is 1. The highest BCUT2D eigenvalue weighted by atomic mass is 32.1. The van der Waals surface area contributed by atoms with Crippen molar-refractivity contribution in [3.05, 3.63) is 69.8 Å². The Kier molecular flexibility index (Phi) is 6.14. The lowest BCUT2D eigenvalue weighted by Gasteiger charge is -2.36. The number of fused-ring (bicyclic) bond motifs is 2. The van der Waals surface area contributed by atoms with E-state index in [1.807, 2.05) is 35.6 Å². The molecule has 3 heterocycles. The molecule has 1 aliphatic rings. The van der Waals surface area contributed by atoms with E-state index < -0.39 is 0 Å². The van der Waals surface area contributed by atoms with Gasteiger partial charge < -0.3 is 14.6 Å². The van der Waals surface area contributed by atoms with Crippen molar-refractivity contribution < 1.29 is 4.74 Å². The van der Waals surface area contributed by atoms with Gasteiger partial charge in [-0.05, 0) is 73.0 Å². The van der Waals surface area contributed by atoms with Gasteiger partial charge in [0.25, 0.3) is 0 Å². The number of anilines is 1. The van der Waals surface area contributed by atoms with Crippen molar-refractivity contribution in [3.8, 4) is 5.75 Å². The van der Waals surface area contributed by atoms with Crippen LogP contribution in [0.15, 0.2) is 58.7 Å². The van der Waals surface area contributed by atoms with Crippen LogP contribution in [0.25, 0.3) is 21.0 Å². The highest BCUT2D eigenvalue weighted by Gasteiger charge is 2.19. The molecule has 0 bridgehead atoms. The van der Waals surface area contributed by atoms with E-state index in [0.717, 1.165) is 62.2 Å². The quantitative estimate of drug-likeness (QED) is 0.404. The maximum Gasteiger partial charge on any atom is 0.248 e. The lowest BCUT2D eigenvalue weighted by Crippen LogP contribution is -2.46. The molecule has 6 heteroatoms. The number of pyridine rings is 1. The van der Waals surface area contributed by atoms with Gasteiger partial charge in [0, 0.05) is 54.1 Å². The molecule has 166 valence electrons. The minimum atomic E-state index is -0.0862. The van der Waals surface area contributed by atoms with Crippen molar-refractivity contribution in [3.63, 3.8) is 0 Å². The first-order valence-corrected chi connectivity index (χ1v) is 12.3. The lowest BCUT2D eigenvalue weighted by molar-refractivity contribution is 0.239. The maximum atomic E-state index is 11.5. The summed E-state index contributed by atoms with van der Waals surface area (Å²) in [6.07, 6.45) is 2.15. The monoisotopic (exact) mass is 447 g/mol.